The number of rotatable bonds is 6. The molecule has 0 amide bonds. The van der Waals surface area contributed by atoms with E-state index in [-0.39, 0.29) is 5.41 Å². The van der Waals surface area contributed by atoms with Gasteiger partial charge >= 0.3 is 0 Å². The largest absolute Gasteiger partial charge is 0.298 e. The summed E-state index contributed by atoms with van der Waals surface area (Å²) in [5, 5.41) is 15.9. The number of nitrogens with zero attached hydrogens (tertiary/aromatic N) is 4. The van der Waals surface area contributed by atoms with E-state index in [2.05, 4.69) is 146 Å². The first kappa shape index (κ1) is 33.3. The molecule has 10 rings (SSSR count). The molecular formula is C50H36N6. The molecule has 7 aromatic carbocycles. The van der Waals surface area contributed by atoms with Crippen molar-refractivity contribution < 1.29 is 0 Å². The first-order valence-corrected chi connectivity index (χ1v) is 18.8. The highest BCUT2D eigenvalue weighted by Gasteiger charge is 2.37. The van der Waals surface area contributed by atoms with Crippen molar-refractivity contribution in [3.63, 3.8) is 0 Å². The second kappa shape index (κ2) is 13.2. The van der Waals surface area contributed by atoms with Gasteiger partial charge in [0.2, 0.25) is 0 Å². The Balaban J connectivity index is 1.13. The molecule has 2 N–H and O–H groups in total. The van der Waals surface area contributed by atoms with E-state index in [4.69, 9.17) is 15.0 Å². The summed E-state index contributed by atoms with van der Waals surface area (Å²) in [4.78, 5) is 15.6. The van der Waals surface area contributed by atoms with Crippen LogP contribution in [0.15, 0.2) is 169 Å². The van der Waals surface area contributed by atoms with Gasteiger partial charge in [0.1, 0.15) is 5.71 Å². The van der Waals surface area contributed by atoms with Crippen LogP contribution in [0, 0.1) is 5.41 Å². The third kappa shape index (κ3) is 5.62. The predicted molar refractivity (Wildman–Crippen MR) is 230 cm³/mol. The Labute approximate surface area is 325 Å². The second-order valence-electron chi connectivity index (χ2n) is 14.8. The van der Waals surface area contributed by atoms with Crippen LogP contribution in [0.3, 0.4) is 0 Å². The molecule has 2 aliphatic rings. The van der Waals surface area contributed by atoms with E-state index in [0.29, 0.717) is 28.9 Å². The molecule has 266 valence electrons. The van der Waals surface area contributed by atoms with Crippen molar-refractivity contribution in [1.29, 1.82) is 5.41 Å². The number of anilines is 1. The van der Waals surface area contributed by atoms with E-state index in [0.717, 1.165) is 55.4 Å². The predicted octanol–water partition coefficient (Wildman–Crippen LogP) is 11.9. The molecule has 0 radical (unpaired) electrons. The number of aromatic nitrogens is 3. The fourth-order valence-corrected chi connectivity index (χ4v) is 8.14. The van der Waals surface area contributed by atoms with Gasteiger partial charge in [-0.05, 0) is 74.0 Å². The molecule has 0 saturated heterocycles. The molecule has 0 saturated carbocycles. The summed E-state index contributed by atoms with van der Waals surface area (Å²) in [5.74, 6) is 1.78. The third-order valence-electron chi connectivity index (χ3n) is 11.1. The van der Waals surface area contributed by atoms with Gasteiger partial charge in [-0.15, -0.1) is 0 Å². The van der Waals surface area contributed by atoms with Crippen LogP contribution < -0.4 is 5.43 Å². The Morgan fingerprint density at radius 2 is 1.12 bits per heavy atom. The molecule has 0 bridgehead atoms. The van der Waals surface area contributed by atoms with Gasteiger partial charge in [-0.25, -0.2) is 15.0 Å². The number of hydrogen-bond donors (Lipinski definition) is 2. The lowest BCUT2D eigenvalue weighted by molar-refractivity contribution is 0.660. The molecular weight excluding hydrogens is 685 g/mol. The minimum absolute atomic E-state index is 0.164. The first-order chi connectivity index (χ1) is 27.4. The number of nitrogens with one attached hydrogen (secondary N) is 2. The van der Waals surface area contributed by atoms with Crippen LogP contribution in [-0.4, -0.2) is 26.4 Å². The van der Waals surface area contributed by atoms with E-state index in [1.807, 2.05) is 48.6 Å². The Morgan fingerprint density at radius 3 is 1.93 bits per heavy atom. The van der Waals surface area contributed by atoms with Crippen molar-refractivity contribution in [1.82, 2.24) is 15.0 Å². The summed E-state index contributed by atoms with van der Waals surface area (Å²) in [6.45, 7) is 4.58. The highest BCUT2D eigenvalue weighted by atomic mass is 15.3. The molecule has 56 heavy (non-hydrogen) atoms. The average molecular weight is 721 g/mol. The van der Waals surface area contributed by atoms with E-state index < -0.39 is 0 Å². The molecule has 0 unspecified atom stereocenters. The lowest BCUT2D eigenvalue weighted by atomic mass is 9.82. The lowest BCUT2D eigenvalue weighted by Gasteiger charge is -2.21. The fraction of sp³-hybridized carbons (Fsp3) is 0.0600. The molecule has 1 heterocycles. The Morgan fingerprint density at radius 1 is 0.518 bits per heavy atom. The summed E-state index contributed by atoms with van der Waals surface area (Å²) >= 11 is 0. The van der Waals surface area contributed by atoms with E-state index in [9.17, 15) is 5.41 Å². The minimum Gasteiger partial charge on any atom is -0.298 e. The van der Waals surface area contributed by atoms with Crippen molar-refractivity contribution >= 4 is 34.0 Å². The number of fused-ring (bicyclic) bond motifs is 6. The zero-order valence-corrected chi connectivity index (χ0v) is 31.0. The molecule has 0 atom stereocenters. The van der Waals surface area contributed by atoms with Gasteiger partial charge in [0.05, 0.1) is 11.4 Å². The molecule has 2 aliphatic carbocycles. The van der Waals surface area contributed by atoms with Crippen molar-refractivity contribution in [3.05, 3.63) is 186 Å². The van der Waals surface area contributed by atoms with Gasteiger partial charge in [-0.1, -0.05) is 159 Å². The molecule has 6 nitrogen and oxygen atoms in total. The van der Waals surface area contributed by atoms with Crippen LogP contribution in [0.1, 0.15) is 36.1 Å². The number of benzene rings is 7. The maximum absolute atomic E-state index is 9.32. The summed E-state index contributed by atoms with van der Waals surface area (Å²) in [7, 11) is 0. The number of hydrogen-bond acceptors (Lipinski definition) is 6. The number of hydrazone groups is 1. The summed E-state index contributed by atoms with van der Waals surface area (Å²) in [6.07, 6.45) is 3.92. The summed E-state index contributed by atoms with van der Waals surface area (Å²) in [6, 6.07) is 54.2. The number of allylic oxidation sites excluding steroid dienone is 1. The number of para-hydroxylation sites is 1. The van der Waals surface area contributed by atoms with Crippen LogP contribution in [0.5, 0.6) is 0 Å². The first-order valence-electron chi connectivity index (χ1n) is 18.8. The summed E-state index contributed by atoms with van der Waals surface area (Å²) in [5.41, 5.74) is 16.4. The normalized spacial score (nSPS) is 14.4. The van der Waals surface area contributed by atoms with Crippen LogP contribution >= 0.6 is 0 Å². The van der Waals surface area contributed by atoms with Crippen molar-refractivity contribution in [3.8, 4) is 56.4 Å². The Bertz CT molecular complexity index is 2910. The zero-order chi connectivity index (χ0) is 37.8. The van der Waals surface area contributed by atoms with E-state index >= 15 is 0 Å². The molecule has 0 aliphatic heterocycles. The van der Waals surface area contributed by atoms with Crippen LogP contribution in [0.2, 0.25) is 0 Å². The van der Waals surface area contributed by atoms with Crippen molar-refractivity contribution in [2.45, 2.75) is 19.3 Å². The second-order valence-corrected chi connectivity index (χ2v) is 14.8. The lowest BCUT2D eigenvalue weighted by Crippen LogP contribution is -2.18. The maximum atomic E-state index is 9.32. The topological polar surface area (TPSA) is 86.9 Å². The van der Waals surface area contributed by atoms with Gasteiger partial charge < -0.3 is 0 Å². The SMILES string of the molecule is CC1(C)c2ccccc2-c2c(-c3nc(-c4ccc(-c5ccccc5)cc4)nc(-c4ccc5ccc6c(c5c4)C(=N)/C(=N\Nc4ccccc4)C=C6)n3)cccc21. The average Bonchev–Trinajstić information content (AvgIpc) is 3.49. The molecule has 8 aromatic rings. The van der Waals surface area contributed by atoms with Gasteiger partial charge in [0.25, 0.3) is 0 Å². The quantitative estimate of drug-likeness (QED) is 0.167. The van der Waals surface area contributed by atoms with Gasteiger partial charge in [-0.2, -0.15) is 5.10 Å². The standard InChI is InChI=1S/C50H36N6/c1-50(2)41-18-10-9-16-38(41)45-39(17-11-19-42(45)50)49-53-47(35-25-20-32(21-26-35)31-12-5-3-6-13-31)52-48(54-49)36-27-23-33-22-24-34-28-29-43(46(51)44(34)40(33)30-36)56-55-37-14-7-4-8-15-37/h3-30,51,55H,1-2H3/b51-46?,56-43-. The Kier molecular flexibility index (Phi) is 7.85. The monoisotopic (exact) mass is 720 g/mol. The van der Waals surface area contributed by atoms with Crippen LogP contribution in [-0.2, 0) is 5.41 Å². The highest BCUT2D eigenvalue weighted by molar-refractivity contribution is 6.55. The van der Waals surface area contributed by atoms with E-state index in [1.54, 1.807) is 0 Å². The maximum Gasteiger partial charge on any atom is 0.164 e. The molecule has 6 heteroatoms. The smallest absolute Gasteiger partial charge is 0.164 e. The molecule has 0 spiro atoms. The minimum atomic E-state index is -0.164. The van der Waals surface area contributed by atoms with Gasteiger partial charge in [0.15, 0.2) is 17.5 Å². The fourth-order valence-electron chi connectivity index (χ4n) is 8.14. The van der Waals surface area contributed by atoms with Gasteiger partial charge in [0, 0.05) is 27.7 Å². The Hall–Kier alpha value is -7.31. The van der Waals surface area contributed by atoms with E-state index in [1.165, 1.54) is 22.3 Å². The molecule has 1 aromatic heterocycles. The van der Waals surface area contributed by atoms with Crippen LogP contribution in [0.25, 0.3) is 73.3 Å². The highest BCUT2D eigenvalue weighted by Crippen LogP contribution is 2.51. The van der Waals surface area contributed by atoms with Crippen LogP contribution in [0.4, 0.5) is 5.69 Å². The van der Waals surface area contributed by atoms with Gasteiger partial charge in [-0.3, -0.25) is 10.8 Å². The third-order valence-corrected chi connectivity index (χ3v) is 11.1. The summed E-state index contributed by atoms with van der Waals surface area (Å²) < 4.78 is 0. The van der Waals surface area contributed by atoms with Crippen molar-refractivity contribution in [2.24, 2.45) is 5.10 Å². The molecule has 0 fully saturated rings. The van der Waals surface area contributed by atoms with Crippen molar-refractivity contribution in [2.75, 3.05) is 5.43 Å². The zero-order valence-electron chi connectivity index (χ0n) is 31.0.